The smallest absolute Gasteiger partial charge is 0.309 e. The van der Waals surface area contributed by atoms with Gasteiger partial charge in [0.1, 0.15) is 4.75 Å². The van der Waals surface area contributed by atoms with Gasteiger partial charge in [0.25, 0.3) is 0 Å². The molecule has 4 nitrogen and oxygen atoms in total. The van der Waals surface area contributed by atoms with Crippen molar-refractivity contribution in [2.75, 3.05) is 0 Å². The van der Waals surface area contributed by atoms with E-state index in [2.05, 4.69) is 25.5 Å². The van der Waals surface area contributed by atoms with Crippen LogP contribution in [-0.2, 0) is 21.7 Å². The highest BCUT2D eigenvalue weighted by atomic mass is 35.5. The molecular weight excluding hydrogens is 418 g/mol. The van der Waals surface area contributed by atoms with Gasteiger partial charge in [0.05, 0.1) is 11.5 Å². The molecule has 0 heterocycles. The van der Waals surface area contributed by atoms with Crippen molar-refractivity contribution in [3.63, 3.8) is 0 Å². The molecule has 1 fully saturated rings. The molecule has 1 aromatic carbocycles. The fourth-order valence-electron chi connectivity index (χ4n) is 4.49. The topological polar surface area (TPSA) is 72.4 Å². The van der Waals surface area contributed by atoms with Crippen molar-refractivity contribution in [3.8, 4) is 0 Å². The molecule has 0 bridgehead atoms. The molecule has 1 aliphatic carbocycles. The Morgan fingerprint density at radius 2 is 1.77 bits per heavy atom. The van der Waals surface area contributed by atoms with E-state index in [1.54, 1.807) is 0 Å². The Balaban J connectivity index is 2.49. The van der Waals surface area contributed by atoms with E-state index < -0.39 is 33.5 Å². The van der Waals surface area contributed by atoms with Crippen LogP contribution in [0.25, 0.3) is 0 Å². The average molecular weight is 456 g/mol. The summed E-state index contributed by atoms with van der Waals surface area (Å²) in [6.07, 6.45) is 1.12. The van der Waals surface area contributed by atoms with Crippen LogP contribution in [0.3, 0.4) is 0 Å². The summed E-state index contributed by atoms with van der Waals surface area (Å²) in [5.41, 5.74) is 1.07. The van der Waals surface area contributed by atoms with Gasteiger partial charge in [0.15, 0.2) is 0 Å². The predicted octanol–water partition coefficient (Wildman–Crippen LogP) is 6.11. The Hall–Kier alpha value is -0.750. The minimum absolute atomic E-state index is 0.163. The fourth-order valence-corrected chi connectivity index (χ4v) is 5.75. The number of aliphatic carboxylic acids is 1. The van der Waals surface area contributed by atoms with Crippen LogP contribution in [0, 0.1) is 23.2 Å². The maximum absolute atomic E-state index is 13.0. The monoisotopic (exact) mass is 455 g/mol. The summed E-state index contributed by atoms with van der Waals surface area (Å²) in [6, 6.07) is 5.87. The molecule has 0 saturated heterocycles. The quantitative estimate of drug-likeness (QED) is 0.486. The van der Waals surface area contributed by atoms with Gasteiger partial charge in [0.2, 0.25) is 0 Å². The number of carboxylic acid groups (broad SMARTS) is 1. The van der Waals surface area contributed by atoms with Crippen LogP contribution < -0.4 is 4.72 Å². The number of halogens is 1. The van der Waals surface area contributed by atoms with Crippen molar-refractivity contribution >= 4 is 28.9 Å². The van der Waals surface area contributed by atoms with Crippen LogP contribution in [0.15, 0.2) is 18.2 Å². The third kappa shape index (κ3) is 5.35. The van der Waals surface area contributed by atoms with Crippen molar-refractivity contribution in [2.45, 2.75) is 84.9 Å². The number of hydrogen-bond acceptors (Lipinski definition) is 3. The molecule has 1 aromatic rings. The Bertz CT molecular complexity index is 784. The van der Waals surface area contributed by atoms with Crippen LogP contribution in [0.4, 0.5) is 0 Å². The molecule has 2 rings (SSSR count). The summed E-state index contributed by atoms with van der Waals surface area (Å²) in [5, 5.41) is 10.7. The van der Waals surface area contributed by atoms with Crippen LogP contribution >= 0.6 is 11.6 Å². The first kappa shape index (κ1) is 25.5. The molecule has 2 N–H and O–H groups in total. The third-order valence-corrected chi connectivity index (χ3v) is 8.37. The Morgan fingerprint density at radius 1 is 1.20 bits per heavy atom. The van der Waals surface area contributed by atoms with E-state index in [9.17, 15) is 14.5 Å². The molecule has 0 aromatic heterocycles. The lowest BCUT2D eigenvalue weighted by atomic mass is 9.74. The highest BCUT2D eigenvalue weighted by Crippen LogP contribution is 2.58. The summed E-state index contributed by atoms with van der Waals surface area (Å²) in [5.74, 6) is -0.810. The number of carboxylic acids is 1. The number of nitrogens with one attached hydrogen (secondary N) is 1. The van der Waals surface area contributed by atoms with Gasteiger partial charge >= 0.3 is 5.97 Å². The summed E-state index contributed by atoms with van der Waals surface area (Å²) >= 11 is 5.28. The molecule has 0 radical (unpaired) electrons. The summed E-state index contributed by atoms with van der Waals surface area (Å²) in [7, 11) is 0. The minimum Gasteiger partial charge on any atom is -0.598 e. The van der Waals surface area contributed by atoms with Crippen molar-refractivity contribution in [3.05, 3.63) is 34.3 Å². The second kappa shape index (κ2) is 8.65. The standard InChI is InChI=1S/C24H38ClNO3S/c1-14(2)20(21(27)28)24(9,26-30(29)23(6,7)8)15-10-11-16(19(25)12-15)17-13-18(17)22(3,4)5/h10-12,14,17-18,20,26H,13H2,1-9H3,(H,27,28)/t17-,18+,20?,24?,30-/m0/s1. The SMILES string of the molecule is CC(C)C(C(=O)O)C(C)(N[S@@+]([O-])C(C)(C)C)c1ccc([C@@H]2C[C@H]2C(C)(C)C)c(Cl)c1. The minimum atomic E-state index is -1.44. The molecule has 1 aliphatic rings. The molecular formula is C24H38ClNO3S. The second-order valence-corrected chi connectivity index (χ2v) is 13.7. The van der Waals surface area contributed by atoms with E-state index in [0.717, 1.165) is 17.5 Å². The van der Waals surface area contributed by atoms with Crippen molar-refractivity contribution in [1.29, 1.82) is 0 Å². The van der Waals surface area contributed by atoms with E-state index in [4.69, 9.17) is 11.6 Å². The number of benzene rings is 1. The van der Waals surface area contributed by atoms with Gasteiger partial charge in [-0.1, -0.05) is 58.4 Å². The normalized spacial score (nSPS) is 23.7. The summed E-state index contributed by atoms with van der Waals surface area (Å²) in [6.45, 7) is 18.0. The average Bonchev–Trinajstić information content (AvgIpc) is 3.33. The lowest BCUT2D eigenvalue weighted by Crippen LogP contribution is -2.56. The Labute approximate surface area is 190 Å². The first-order chi connectivity index (χ1) is 13.5. The molecule has 0 amide bonds. The van der Waals surface area contributed by atoms with Gasteiger partial charge < -0.3 is 9.66 Å². The molecule has 2 unspecified atom stereocenters. The molecule has 1 saturated carbocycles. The van der Waals surface area contributed by atoms with Gasteiger partial charge in [0, 0.05) is 16.4 Å². The van der Waals surface area contributed by atoms with Crippen molar-refractivity contribution in [2.24, 2.45) is 23.2 Å². The van der Waals surface area contributed by atoms with E-state index >= 15 is 0 Å². The van der Waals surface area contributed by atoms with Gasteiger partial charge in [-0.15, -0.1) is 4.72 Å². The Kier molecular flexibility index (Phi) is 7.35. The maximum atomic E-state index is 13.0. The third-order valence-electron chi connectivity index (χ3n) is 6.32. The number of carbonyl (C=O) groups is 1. The highest BCUT2D eigenvalue weighted by molar-refractivity contribution is 7.90. The van der Waals surface area contributed by atoms with E-state index in [1.807, 2.05) is 59.7 Å². The van der Waals surface area contributed by atoms with Crippen LogP contribution in [-0.4, -0.2) is 20.4 Å². The van der Waals surface area contributed by atoms with Gasteiger partial charge in [-0.25, -0.2) is 0 Å². The summed E-state index contributed by atoms with van der Waals surface area (Å²) < 4.78 is 15.6. The summed E-state index contributed by atoms with van der Waals surface area (Å²) in [4.78, 5) is 12.2. The maximum Gasteiger partial charge on any atom is 0.309 e. The predicted molar refractivity (Wildman–Crippen MR) is 126 cm³/mol. The fraction of sp³-hybridized carbons (Fsp3) is 0.708. The van der Waals surface area contributed by atoms with Crippen LogP contribution in [0.5, 0.6) is 0 Å². The van der Waals surface area contributed by atoms with Crippen molar-refractivity contribution < 1.29 is 14.5 Å². The zero-order chi connectivity index (χ0) is 23.2. The largest absolute Gasteiger partial charge is 0.598 e. The zero-order valence-electron chi connectivity index (χ0n) is 19.8. The second-order valence-electron chi connectivity index (χ2n) is 11.3. The number of hydrogen-bond donors (Lipinski definition) is 2. The highest BCUT2D eigenvalue weighted by Gasteiger charge is 2.49. The first-order valence-electron chi connectivity index (χ1n) is 10.7. The lowest BCUT2D eigenvalue weighted by molar-refractivity contribution is -0.146. The van der Waals surface area contributed by atoms with Crippen LogP contribution in [0.1, 0.15) is 85.8 Å². The Morgan fingerprint density at radius 3 is 2.13 bits per heavy atom. The number of rotatable bonds is 7. The molecule has 0 spiro atoms. The van der Waals surface area contributed by atoms with E-state index in [1.165, 1.54) is 0 Å². The van der Waals surface area contributed by atoms with Gasteiger partial charge in [-0.2, -0.15) is 0 Å². The molecule has 0 aliphatic heterocycles. The van der Waals surface area contributed by atoms with Gasteiger partial charge in [-0.3, -0.25) is 4.79 Å². The van der Waals surface area contributed by atoms with E-state index in [-0.39, 0.29) is 11.3 Å². The molecule has 5 atom stereocenters. The lowest BCUT2D eigenvalue weighted by Gasteiger charge is -2.40. The van der Waals surface area contributed by atoms with E-state index in [0.29, 0.717) is 16.9 Å². The van der Waals surface area contributed by atoms with Crippen LogP contribution in [0.2, 0.25) is 5.02 Å². The van der Waals surface area contributed by atoms with Crippen molar-refractivity contribution in [1.82, 2.24) is 4.72 Å². The zero-order valence-corrected chi connectivity index (χ0v) is 21.4. The van der Waals surface area contributed by atoms with Gasteiger partial charge in [-0.05, 0) is 74.5 Å². The molecule has 30 heavy (non-hydrogen) atoms. The molecule has 6 heteroatoms. The molecule has 170 valence electrons. The first-order valence-corrected chi connectivity index (χ1v) is 12.3.